The summed E-state index contributed by atoms with van der Waals surface area (Å²) in [5, 5.41) is 10.0. The van der Waals surface area contributed by atoms with Crippen LogP contribution in [0.4, 0.5) is 0 Å². The van der Waals surface area contributed by atoms with Gasteiger partial charge in [0.1, 0.15) is 12.7 Å². The molecule has 1 fully saturated rings. The van der Waals surface area contributed by atoms with Crippen LogP contribution in [0.5, 0.6) is 11.5 Å². The normalized spacial score (nSPS) is 15.0. The topological polar surface area (TPSA) is 47.9 Å². The lowest BCUT2D eigenvalue weighted by Gasteiger charge is -2.15. The van der Waals surface area contributed by atoms with E-state index >= 15 is 0 Å². The Kier molecular flexibility index (Phi) is 6.10. The maximum absolute atomic E-state index is 10.0. The molecule has 0 aliphatic heterocycles. The molecular weight excluding hydrogens is 304 g/mol. The van der Waals surface area contributed by atoms with Gasteiger partial charge in [-0.05, 0) is 36.5 Å². The molecular formula is C20H24O4. The summed E-state index contributed by atoms with van der Waals surface area (Å²) < 4.78 is 17.0. The molecule has 1 aliphatic carbocycles. The van der Waals surface area contributed by atoms with Crippen LogP contribution in [0.1, 0.15) is 18.4 Å². The molecule has 1 atom stereocenters. The van der Waals surface area contributed by atoms with Gasteiger partial charge in [0.25, 0.3) is 0 Å². The van der Waals surface area contributed by atoms with Crippen molar-refractivity contribution in [3.8, 4) is 11.5 Å². The van der Waals surface area contributed by atoms with Crippen LogP contribution in [0, 0.1) is 5.92 Å². The van der Waals surface area contributed by atoms with E-state index in [9.17, 15) is 5.11 Å². The van der Waals surface area contributed by atoms with Gasteiger partial charge in [0.15, 0.2) is 11.5 Å². The van der Waals surface area contributed by atoms with Crippen molar-refractivity contribution in [2.75, 3.05) is 19.8 Å². The lowest BCUT2D eigenvalue weighted by Crippen LogP contribution is -2.23. The highest BCUT2D eigenvalue weighted by Gasteiger charge is 2.22. The maximum atomic E-state index is 10.0. The fourth-order valence-corrected chi connectivity index (χ4v) is 2.30. The minimum Gasteiger partial charge on any atom is -0.489 e. The lowest BCUT2D eigenvalue weighted by molar-refractivity contribution is 0.00496. The first-order valence-electron chi connectivity index (χ1n) is 8.45. The van der Waals surface area contributed by atoms with E-state index in [0.717, 1.165) is 17.9 Å². The van der Waals surface area contributed by atoms with Crippen molar-refractivity contribution in [1.82, 2.24) is 0 Å². The number of para-hydroxylation sites is 2. The zero-order valence-electron chi connectivity index (χ0n) is 13.8. The van der Waals surface area contributed by atoms with Gasteiger partial charge < -0.3 is 19.3 Å². The van der Waals surface area contributed by atoms with Crippen LogP contribution < -0.4 is 9.47 Å². The summed E-state index contributed by atoms with van der Waals surface area (Å²) in [6, 6.07) is 17.5. The van der Waals surface area contributed by atoms with Crippen molar-refractivity contribution < 1.29 is 19.3 Å². The van der Waals surface area contributed by atoms with Crippen molar-refractivity contribution >= 4 is 0 Å². The second kappa shape index (κ2) is 8.71. The Bertz CT molecular complexity index is 610. The fraction of sp³-hybridized carbons (Fsp3) is 0.400. The first kappa shape index (κ1) is 16.8. The van der Waals surface area contributed by atoms with Crippen LogP contribution >= 0.6 is 0 Å². The van der Waals surface area contributed by atoms with Gasteiger partial charge in [-0.2, -0.15) is 0 Å². The Morgan fingerprint density at radius 2 is 1.54 bits per heavy atom. The Morgan fingerprint density at radius 1 is 0.875 bits per heavy atom. The van der Waals surface area contributed by atoms with Crippen LogP contribution in [0.3, 0.4) is 0 Å². The summed E-state index contributed by atoms with van der Waals surface area (Å²) in [6.45, 7) is 1.64. The molecule has 0 radical (unpaired) electrons. The van der Waals surface area contributed by atoms with Crippen molar-refractivity contribution in [1.29, 1.82) is 0 Å². The third-order valence-electron chi connectivity index (χ3n) is 3.87. The summed E-state index contributed by atoms with van der Waals surface area (Å²) in [7, 11) is 0. The van der Waals surface area contributed by atoms with Gasteiger partial charge in [0, 0.05) is 0 Å². The largest absolute Gasteiger partial charge is 0.489 e. The van der Waals surface area contributed by atoms with Crippen LogP contribution in [0.2, 0.25) is 0 Å². The SMILES string of the molecule is OC(COCc1ccccc1)COc1ccccc1OCC1CC1. The first-order valence-corrected chi connectivity index (χ1v) is 8.45. The van der Waals surface area contributed by atoms with Crippen LogP contribution in [-0.4, -0.2) is 31.0 Å². The third-order valence-corrected chi connectivity index (χ3v) is 3.87. The van der Waals surface area contributed by atoms with Crippen molar-refractivity contribution in [2.45, 2.75) is 25.6 Å². The smallest absolute Gasteiger partial charge is 0.161 e. The molecule has 3 rings (SSSR count). The Morgan fingerprint density at radius 3 is 2.25 bits per heavy atom. The van der Waals surface area contributed by atoms with E-state index in [0.29, 0.717) is 18.3 Å². The van der Waals surface area contributed by atoms with Crippen LogP contribution in [-0.2, 0) is 11.3 Å². The van der Waals surface area contributed by atoms with Crippen LogP contribution in [0.15, 0.2) is 54.6 Å². The van der Waals surface area contributed by atoms with E-state index in [1.807, 2.05) is 54.6 Å². The standard InChI is InChI=1S/C20H24O4/c21-18(14-22-12-16-6-2-1-3-7-16)15-24-20-9-5-4-8-19(20)23-13-17-10-11-17/h1-9,17-18,21H,10-15H2. The number of aliphatic hydroxyl groups is 1. The molecule has 0 amide bonds. The minimum absolute atomic E-state index is 0.179. The second-order valence-electron chi connectivity index (χ2n) is 6.17. The molecule has 2 aromatic rings. The number of hydrogen-bond acceptors (Lipinski definition) is 4. The average Bonchev–Trinajstić information content (AvgIpc) is 3.44. The number of rotatable bonds is 10. The number of aliphatic hydroxyl groups excluding tert-OH is 1. The average molecular weight is 328 g/mol. The molecule has 1 saturated carbocycles. The maximum Gasteiger partial charge on any atom is 0.161 e. The summed E-state index contributed by atoms with van der Waals surface area (Å²) in [5.41, 5.74) is 1.09. The summed E-state index contributed by atoms with van der Waals surface area (Å²) in [4.78, 5) is 0. The summed E-state index contributed by atoms with van der Waals surface area (Å²) in [6.07, 6.45) is 1.83. The molecule has 1 aliphatic rings. The quantitative estimate of drug-likeness (QED) is 0.726. The highest BCUT2D eigenvalue weighted by molar-refractivity contribution is 5.39. The third kappa shape index (κ3) is 5.55. The Balaban J connectivity index is 1.39. The Hall–Kier alpha value is -2.04. The molecule has 0 bridgehead atoms. The minimum atomic E-state index is -0.676. The first-order chi connectivity index (χ1) is 11.8. The molecule has 1 unspecified atom stereocenters. The van der Waals surface area contributed by atoms with Gasteiger partial charge in [0.05, 0.1) is 19.8 Å². The molecule has 0 heterocycles. The molecule has 0 aromatic heterocycles. The highest BCUT2D eigenvalue weighted by Crippen LogP contribution is 2.32. The predicted octanol–water partition coefficient (Wildman–Crippen LogP) is 3.43. The molecule has 4 nitrogen and oxygen atoms in total. The van der Waals surface area contributed by atoms with Crippen molar-refractivity contribution in [2.24, 2.45) is 5.92 Å². The molecule has 4 heteroatoms. The zero-order valence-corrected chi connectivity index (χ0v) is 13.8. The molecule has 24 heavy (non-hydrogen) atoms. The number of ether oxygens (including phenoxy) is 3. The molecule has 1 N–H and O–H groups in total. The summed E-state index contributed by atoms with van der Waals surface area (Å²) >= 11 is 0. The van der Waals surface area contributed by atoms with Gasteiger partial charge in [-0.25, -0.2) is 0 Å². The molecule has 0 spiro atoms. The highest BCUT2D eigenvalue weighted by atomic mass is 16.5. The van der Waals surface area contributed by atoms with E-state index in [2.05, 4.69) is 0 Å². The van der Waals surface area contributed by atoms with E-state index < -0.39 is 6.10 Å². The number of hydrogen-bond donors (Lipinski definition) is 1. The predicted molar refractivity (Wildman–Crippen MR) is 92.3 cm³/mol. The Labute approximate surface area is 143 Å². The van der Waals surface area contributed by atoms with E-state index in [1.54, 1.807) is 0 Å². The van der Waals surface area contributed by atoms with Crippen LogP contribution in [0.25, 0.3) is 0 Å². The van der Waals surface area contributed by atoms with E-state index in [4.69, 9.17) is 14.2 Å². The van der Waals surface area contributed by atoms with Gasteiger partial charge in [0.2, 0.25) is 0 Å². The monoisotopic (exact) mass is 328 g/mol. The second-order valence-corrected chi connectivity index (χ2v) is 6.17. The van der Waals surface area contributed by atoms with E-state index in [-0.39, 0.29) is 13.2 Å². The summed E-state index contributed by atoms with van der Waals surface area (Å²) in [5.74, 6) is 2.09. The van der Waals surface area contributed by atoms with Gasteiger partial charge in [-0.1, -0.05) is 42.5 Å². The molecule has 0 saturated heterocycles. The zero-order chi connectivity index (χ0) is 16.6. The van der Waals surface area contributed by atoms with E-state index in [1.165, 1.54) is 12.8 Å². The fourth-order valence-electron chi connectivity index (χ4n) is 2.30. The lowest BCUT2D eigenvalue weighted by atomic mass is 10.2. The van der Waals surface area contributed by atoms with Gasteiger partial charge in [-0.15, -0.1) is 0 Å². The van der Waals surface area contributed by atoms with Crippen molar-refractivity contribution in [3.05, 3.63) is 60.2 Å². The van der Waals surface area contributed by atoms with Crippen molar-refractivity contribution in [3.63, 3.8) is 0 Å². The number of benzene rings is 2. The van der Waals surface area contributed by atoms with Gasteiger partial charge >= 0.3 is 0 Å². The molecule has 128 valence electrons. The van der Waals surface area contributed by atoms with Gasteiger partial charge in [-0.3, -0.25) is 0 Å². The molecule has 2 aromatic carbocycles.